The van der Waals surface area contributed by atoms with Crippen LogP contribution < -0.4 is 5.32 Å². The van der Waals surface area contributed by atoms with Crippen molar-refractivity contribution in [3.8, 4) is 0 Å². The van der Waals surface area contributed by atoms with E-state index in [1.807, 2.05) is 0 Å². The van der Waals surface area contributed by atoms with E-state index < -0.39 is 6.17 Å². The van der Waals surface area contributed by atoms with Crippen molar-refractivity contribution in [2.45, 2.75) is 6.17 Å². The molecule has 1 atom stereocenters. The van der Waals surface area contributed by atoms with E-state index in [1.165, 1.54) is 0 Å². The minimum atomic E-state index is -0.921. The number of hydrogen-bond acceptors (Lipinski definition) is 2. The van der Waals surface area contributed by atoms with Gasteiger partial charge in [0.2, 0.25) is 0 Å². The molecule has 2 nitrogen and oxygen atoms in total. The Labute approximate surface area is 100 Å². The fourth-order valence-electron chi connectivity index (χ4n) is 1.90. The topological polar surface area (TPSA) is 15.3 Å². The van der Waals surface area contributed by atoms with Gasteiger partial charge in [0.15, 0.2) is 0 Å². The van der Waals surface area contributed by atoms with Crippen LogP contribution in [0, 0.1) is 0 Å². The molecule has 0 aliphatic carbocycles. The molecule has 1 N–H and O–H groups in total. The second kappa shape index (κ2) is 5.62. The standard InChI is InChI=1S/C12H16ClFN2/c13-11-3-1-10(2-4-11)12(14)9-16-7-5-15-6-8-16/h1-4,12,15H,5-9H2/t12-/m0/s1. The number of nitrogens with one attached hydrogen (secondary N) is 1. The summed E-state index contributed by atoms with van der Waals surface area (Å²) in [6.07, 6.45) is -0.921. The fraction of sp³-hybridized carbons (Fsp3) is 0.500. The molecular formula is C12H16ClFN2. The van der Waals surface area contributed by atoms with Crippen LogP contribution in [0.3, 0.4) is 0 Å². The Morgan fingerprint density at radius 2 is 1.88 bits per heavy atom. The Morgan fingerprint density at radius 3 is 2.50 bits per heavy atom. The summed E-state index contributed by atoms with van der Waals surface area (Å²) < 4.78 is 13.9. The van der Waals surface area contributed by atoms with Gasteiger partial charge in [0.1, 0.15) is 6.17 Å². The van der Waals surface area contributed by atoms with Gasteiger partial charge in [-0.1, -0.05) is 23.7 Å². The van der Waals surface area contributed by atoms with Crippen LogP contribution >= 0.6 is 11.6 Å². The maximum Gasteiger partial charge on any atom is 0.138 e. The van der Waals surface area contributed by atoms with Crippen molar-refractivity contribution in [2.75, 3.05) is 32.7 Å². The second-order valence-corrected chi connectivity index (χ2v) is 4.51. The lowest BCUT2D eigenvalue weighted by atomic mass is 10.1. The number of alkyl halides is 1. The third-order valence-electron chi connectivity index (χ3n) is 2.86. The van der Waals surface area contributed by atoms with Crippen LogP contribution in [0.4, 0.5) is 4.39 Å². The molecule has 0 spiro atoms. The molecule has 1 heterocycles. The van der Waals surface area contributed by atoms with Gasteiger partial charge in [0.25, 0.3) is 0 Å². The smallest absolute Gasteiger partial charge is 0.138 e. The molecule has 1 aliphatic rings. The highest BCUT2D eigenvalue weighted by Crippen LogP contribution is 2.20. The summed E-state index contributed by atoms with van der Waals surface area (Å²) >= 11 is 5.77. The fourth-order valence-corrected chi connectivity index (χ4v) is 2.02. The molecule has 0 amide bonds. The first-order chi connectivity index (χ1) is 7.75. The van der Waals surface area contributed by atoms with Crippen molar-refractivity contribution in [3.05, 3.63) is 34.9 Å². The lowest BCUT2D eigenvalue weighted by Gasteiger charge is -2.28. The van der Waals surface area contributed by atoms with Crippen LogP contribution in [-0.4, -0.2) is 37.6 Å². The van der Waals surface area contributed by atoms with E-state index in [0.717, 1.165) is 26.2 Å². The van der Waals surface area contributed by atoms with Crippen molar-refractivity contribution in [2.24, 2.45) is 0 Å². The lowest BCUT2D eigenvalue weighted by molar-refractivity contribution is 0.175. The van der Waals surface area contributed by atoms with Gasteiger partial charge in [-0.05, 0) is 17.7 Å². The molecule has 0 aromatic heterocycles. The number of piperazine rings is 1. The number of nitrogens with zero attached hydrogens (tertiary/aromatic N) is 1. The van der Waals surface area contributed by atoms with E-state index in [2.05, 4.69) is 10.2 Å². The Bertz CT molecular complexity index is 322. The van der Waals surface area contributed by atoms with Crippen molar-refractivity contribution in [1.82, 2.24) is 10.2 Å². The molecule has 16 heavy (non-hydrogen) atoms. The van der Waals surface area contributed by atoms with Crippen molar-refractivity contribution in [3.63, 3.8) is 0 Å². The van der Waals surface area contributed by atoms with E-state index >= 15 is 0 Å². The molecule has 1 aromatic carbocycles. The van der Waals surface area contributed by atoms with Crippen LogP contribution in [0.25, 0.3) is 0 Å². The molecule has 2 rings (SSSR count). The summed E-state index contributed by atoms with van der Waals surface area (Å²) in [5.41, 5.74) is 0.711. The molecule has 1 aliphatic heterocycles. The normalized spacial score (nSPS) is 19.6. The van der Waals surface area contributed by atoms with E-state index in [4.69, 9.17) is 11.6 Å². The van der Waals surface area contributed by atoms with Gasteiger partial charge in [0, 0.05) is 37.7 Å². The zero-order valence-electron chi connectivity index (χ0n) is 9.13. The number of rotatable bonds is 3. The maximum absolute atomic E-state index is 13.9. The molecule has 1 fully saturated rings. The summed E-state index contributed by atoms with van der Waals surface area (Å²) in [6, 6.07) is 6.99. The predicted octanol–water partition coefficient (Wildman–Crippen LogP) is 2.26. The zero-order valence-corrected chi connectivity index (χ0v) is 9.88. The van der Waals surface area contributed by atoms with Gasteiger partial charge in [-0.15, -0.1) is 0 Å². The summed E-state index contributed by atoms with van der Waals surface area (Å²) in [4.78, 5) is 2.15. The van der Waals surface area contributed by atoms with Gasteiger partial charge < -0.3 is 5.32 Å². The van der Waals surface area contributed by atoms with Crippen LogP contribution in [0.15, 0.2) is 24.3 Å². The molecule has 0 unspecified atom stereocenters. The minimum Gasteiger partial charge on any atom is -0.314 e. The first kappa shape index (κ1) is 11.8. The molecule has 1 saturated heterocycles. The molecule has 4 heteroatoms. The summed E-state index contributed by atoms with van der Waals surface area (Å²) in [7, 11) is 0. The Balaban J connectivity index is 1.91. The molecule has 88 valence electrons. The van der Waals surface area contributed by atoms with E-state index in [0.29, 0.717) is 17.1 Å². The average molecular weight is 243 g/mol. The maximum atomic E-state index is 13.9. The summed E-state index contributed by atoms with van der Waals surface area (Å²) in [6.45, 7) is 4.23. The SMILES string of the molecule is F[C@@H](CN1CCNCC1)c1ccc(Cl)cc1. The Hall–Kier alpha value is -0.640. The van der Waals surface area contributed by atoms with E-state index in [1.54, 1.807) is 24.3 Å². The lowest BCUT2D eigenvalue weighted by Crippen LogP contribution is -2.44. The largest absolute Gasteiger partial charge is 0.314 e. The Kier molecular flexibility index (Phi) is 4.16. The highest BCUT2D eigenvalue weighted by Gasteiger charge is 2.16. The summed E-state index contributed by atoms with van der Waals surface area (Å²) in [5.74, 6) is 0. The number of benzene rings is 1. The quantitative estimate of drug-likeness (QED) is 0.875. The molecule has 0 radical (unpaired) electrons. The third-order valence-corrected chi connectivity index (χ3v) is 3.11. The van der Waals surface area contributed by atoms with Crippen LogP contribution in [0.2, 0.25) is 5.02 Å². The number of halogens is 2. The van der Waals surface area contributed by atoms with E-state index in [-0.39, 0.29) is 0 Å². The summed E-state index contributed by atoms with van der Waals surface area (Å²) in [5, 5.41) is 3.90. The zero-order chi connectivity index (χ0) is 11.4. The Morgan fingerprint density at radius 1 is 1.25 bits per heavy atom. The monoisotopic (exact) mass is 242 g/mol. The highest BCUT2D eigenvalue weighted by molar-refractivity contribution is 6.30. The first-order valence-corrected chi connectivity index (χ1v) is 5.96. The van der Waals surface area contributed by atoms with Crippen LogP contribution in [-0.2, 0) is 0 Å². The highest BCUT2D eigenvalue weighted by atomic mass is 35.5. The van der Waals surface area contributed by atoms with Crippen molar-refractivity contribution in [1.29, 1.82) is 0 Å². The van der Waals surface area contributed by atoms with E-state index in [9.17, 15) is 4.39 Å². The van der Waals surface area contributed by atoms with Crippen molar-refractivity contribution < 1.29 is 4.39 Å². The van der Waals surface area contributed by atoms with Gasteiger partial charge in [-0.2, -0.15) is 0 Å². The second-order valence-electron chi connectivity index (χ2n) is 4.07. The number of hydrogen-bond donors (Lipinski definition) is 1. The predicted molar refractivity (Wildman–Crippen MR) is 64.6 cm³/mol. The van der Waals surface area contributed by atoms with Gasteiger partial charge >= 0.3 is 0 Å². The van der Waals surface area contributed by atoms with Crippen LogP contribution in [0.5, 0.6) is 0 Å². The molecule has 1 aromatic rings. The van der Waals surface area contributed by atoms with Crippen LogP contribution in [0.1, 0.15) is 11.7 Å². The van der Waals surface area contributed by atoms with Gasteiger partial charge in [-0.25, -0.2) is 4.39 Å². The molecule has 0 bridgehead atoms. The van der Waals surface area contributed by atoms with Gasteiger partial charge in [0.05, 0.1) is 0 Å². The first-order valence-electron chi connectivity index (χ1n) is 5.58. The molecule has 0 saturated carbocycles. The molecular weight excluding hydrogens is 227 g/mol. The third kappa shape index (κ3) is 3.17. The average Bonchev–Trinajstić information content (AvgIpc) is 2.31. The van der Waals surface area contributed by atoms with Crippen molar-refractivity contribution >= 4 is 11.6 Å². The minimum absolute atomic E-state index is 0.476. The van der Waals surface area contributed by atoms with Gasteiger partial charge in [-0.3, -0.25) is 4.90 Å².